The van der Waals surface area contributed by atoms with Crippen LogP contribution in [0.1, 0.15) is 23.7 Å². The predicted molar refractivity (Wildman–Crippen MR) is 56.3 cm³/mol. The number of nitrogens with one attached hydrogen (secondary N) is 1. The van der Waals surface area contributed by atoms with E-state index in [0.717, 1.165) is 13.0 Å². The van der Waals surface area contributed by atoms with E-state index >= 15 is 0 Å². The molecule has 1 heterocycles. The smallest absolute Gasteiger partial charge is 0.172 e. The molecule has 2 nitrogen and oxygen atoms in total. The van der Waals surface area contributed by atoms with Crippen molar-refractivity contribution in [2.45, 2.75) is 13.3 Å². The van der Waals surface area contributed by atoms with E-state index in [9.17, 15) is 9.18 Å². The van der Waals surface area contributed by atoms with E-state index in [4.69, 9.17) is 0 Å². The van der Waals surface area contributed by atoms with Crippen molar-refractivity contribution in [3.05, 3.63) is 35.6 Å². The molecule has 1 atom stereocenters. The van der Waals surface area contributed by atoms with Crippen molar-refractivity contribution in [1.82, 2.24) is 5.32 Å². The van der Waals surface area contributed by atoms with E-state index in [-0.39, 0.29) is 11.3 Å². The van der Waals surface area contributed by atoms with Gasteiger partial charge in [0.1, 0.15) is 5.82 Å². The van der Waals surface area contributed by atoms with Crippen LogP contribution in [-0.4, -0.2) is 18.9 Å². The fraction of sp³-hybridized carbons (Fsp3) is 0.417. The Labute approximate surface area is 88.5 Å². The molecule has 2 rings (SSSR count). The zero-order valence-corrected chi connectivity index (χ0v) is 8.72. The van der Waals surface area contributed by atoms with Crippen LogP contribution in [0.15, 0.2) is 24.3 Å². The van der Waals surface area contributed by atoms with Crippen molar-refractivity contribution >= 4 is 5.78 Å². The quantitative estimate of drug-likeness (QED) is 0.751. The van der Waals surface area contributed by atoms with Gasteiger partial charge in [-0.3, -0.25) is 4.79 Å². The Balaban J connectivity index is 2.32. The zero-order valence-electron chi connectivity index (χ0n) is 8.72. The van der Waals surface area contributed by atoms with Crippen LogP contribution >= 0.6 is 0 Å². The molecule has 15 heavy (non-hydrogen) atoms. The lowest BCUT2D eigenvalue weighted by molar-refractivity contribution is 0.0835. The second-order valence-corrected chi connectivity index (χ2v) is 4.30. The maximum atomic E-state index is 13.4. The van der Waals surface area contributed by atoms with Gasteiger partial charge in [-0.05, 0) is 25.1 Å². The Hall–Kier alpha value is -1.22. The third-order valence-electron chi connectivity index (χ3n) is 3.04. The third-order valence-corrected chi connectivity index (χ3v) is 3.04. The highest BCUT2D eigenvalue weighted by Crippen LogP contribution is 2.29. The first kappa shape index (κ1) is 10.3. The molecule has 1 fully saturated rings. The summed E-state index contributed by atoms with van der Waals surface area (Å²) >= 11 is 0. The van der Waals surface area contributed by atoms with Gasteiger partial charge in [0.25, 0.3) is 0 Å². The van der Waals surface area contributed by atoms with Crippen LogP contribution in [-0.2, 0) is 0 Å². The van der Waals surface area contributed by atoms with Crippen LogP contribution in [0, 0.1) is 11.2 Å². The molecule has 1 aliphatic rings. The van der Waals surface area contributed by atoms with Crippen molar-refractivity contribution < 1.29 is 9.18 Å². The van der Waals surface area contributed by atoms with Gasteiger partial charge in [0.05, 0.1) is 5.56 Å². The lowest BCUT2D eigenvalue weighted by atomic mass is 9.81. The van der Waals surface area contributed by atoms with E-state index in [0.29, 0.717) is 6.54 Å². The van der Waals surface area contributed by atoms with E-state index in [2.05, 4.69) is 5.32 Å². The first-order valence-corrected chi connectivity index (χ1v) is 5.13. The number of rotatable bonds is 2. The Morgan fingerprint density at radius 3 is 2.80 bits per heavy atom. The lowest BCUT2D eigenvalue weighted by Gasteiger charge is -2.20. The molecular weight excluding hydrogens is 193 g/mol. The molecule has 0 amide bonds. The summed E-state index contributed by atoms with van der Waals surface area (Å²) in [6.45, 7) is 3.36. The second-order valence-electron chi connectivity index (χ2n) is 4.30. The predicted octanol–water partition coefficient (Wildman–Crippen LogP) is 2.01. The molecule has 80 valence electrons. The van der Waals surface area contributed by atoms with Crippen LogP contribution in [0.2, 0.25) is 0 Å². The zero-order chi connectivity index (χ0) is 10.9. The monoisotopic (exact) mass is 207 g/mol. The number of carbonyl (C=O) groups is 1. The maximum absolute atomic E-state index is 13.4. The molecule has 0 aromatic heterocycles. The summed E-state index contributed by atoms with van der Waals surface area (Å²) in [4.78, 5) is 12.1. The summed E-state index contributed by atoms with van der Waals surface area (Å²) in [6.07, 6.45) is 0.778. The highest BCUT2D eigenvalue weighted by molar-refractivity contribution is 6.00. The number of ketones is 1. The molecule has 1 saturated heterocycles. The molecular formula is C12H14FNO. The van der Waals surface area contributed by atoms with Crippen molar-refractivity contribution in [3.63, 3.8) is 0 Å². The lowest BCUT2D eigenvalue weighted by Crippen LogP contribution is -2.30. The second kappa shape index (κ2) is 3.74. The van der Waals surface area contributed by atoms with Crippen molar-refractivity contribution in [3.8, 4) is 0 Å². The number of hydrogen-bond donors (Lipinski definition) is 1. The fourth-order valence-electron chi connectivity index (χ4n) is 1.98. The average molecular weight is 207 g/mol. The maximum Gasteiger partial charge on any atom is 0.172 e. The standard InChI is InChI=1S/C12H14FNO/c1-12(6-7-14-8-12)11(15)9-4-2-3-5-10(9)13/h2-5,14H,6-8H2,1H3. The van der Waals surface area contributed by atoms with Crippen LogP contribution in [0.25, 0.3) is 0 Å². The first-order valence-electron chi connectivity index (χ1n) is 5.13. The van der Waals surface area contributed by atoms with E-state index in [1.54, 1.807) is 18.2 Å². The van der Waals surface area contributed by atoms with E-state index in [1.807, 2.05) is 6.92 Å². The molecule has 0 aliphatic carbocycles. The molecule has 1 aromatic rings. The minimum absolute atomic E-state index is 0.0920. The molecule has 0 bridgehead atoms. The van der Waals surface area contributed by atoms with Gasteiger partial charge in [-0.15, -0.1) is 0 Å². The fourth-order valence-corrected chi connectivity index (χ4v) is 1.98. The average Bonchev–Trinajstić information content (AvgIpc) is 2.66. The normalized spacial score (nSPS) is 25.5. The Bertz CT molecular complexity index is 383. The van der Waals surface area contributed by atoms with Crippen LogP contribution in [0.5, 0.6) is 0 Å². The van der Waals surface area contributed by atoms with Crippen molar-refractivity contribution in [1.29, 1.82) is 0 Å². The molecule has 0 radical (unpaired) electrons. The number of halogens is 1. The van der Waals surface area contributed by atoms with Gasteiger partial charge in [0.15, 0.2) is 5.78 Å². The van der Waals surface area contributed by atoms with Gasteiger partial charge in [-0.25, -0.2) is 4.39 Å². The molecule has 0 saturated carbocycles. The van der Waals surface area contributed by atoms with Crippen LogP contribution in [0.3, 0.4) is 0 Å². The molecule has 1 aromatic carbocycles. The summed E-state index contributed by atoms with van der Waals surface area (Å²) in [5, 5.41) is 3.14. The molecule has 1 unspecified atom stereocenters. The third kappa shape index (κ3) is 1.79. The van der Waals surface area contributed by atoms with E-state index < -0.39 is 11.2 Å². The van der Waals surface area contributed by atoms with Gasteiger partial charge >= 0.3 is 0 Å². The number of benzene rings is 1. The SMILES string of the molecule is CC1(C(=O)c2ccccc2F)CCNC1. The minimum atomic E-state index is -0.442. The van der Waals surface area contributed by atoms with Gasteiger partial charge in [-0.1, -0.05) is 19.1 Å². The van der Waals surface area contributed by atoms with Crippen molar-refractivity contribution in [2.24, 2.45) is 5.41 Å². The Kier molecular flexibility index (Phi) is 2.57. The summed E-state index contributed by atoms with van der Waals surface area (Å²) in [6, 6.07) is 6.18. The largest absolute Gasteiger partial charge is 0.316 e. The van der Waals surface area contributed by atoms with Crippen molar-refractivity contribution in [2.75, 3.05) is 13.1 Å². The molecule has 1 N–H and O–H groups in total. The molecule has 1 aliphatic heterocycles. The van der Waals surface area contributed by atoms with Gasteiger partial charge < -0.3 is 5.32 Å². The van der Waals surface area contributed by atoms with Gasteiger partial charge in [0, 0.05) is 12.0 Å². The summed E-state index contributed by atoms with van der Waals surface area (Å²) in [7, 11) is 0. The molecule has 3 heteroatoms. The Morgan fingerprint density at radius 1 is 1.47 bits per heavy atom. The highest BCUT2D eigenvalue weighted by atomic mass is 19.1. The number of hydrogen-bond acceptors (Lipinski definition) is 2. The summed E-state index contributed by atoms with van der Waals surface area (Å²) in [5.74, 6) is -0.513. The van der Waals surface area contributed by atoms with Gasteiger partial charge in [-0.2, -0.15) is 0 Å². The first-order chi connectivity index (χ1) is 7.13. The van der Waals surface area contributed by atoms with E-state index in [1.165, 1.54) is 6.07 Å². The Morgan fingerprint density at radius 2 is 2.20 bits per heavy atom. The topological polar surface area (TPSA) is 29.1 Å². The molecule has 0 spiro atoms. The highest BCUT2D eigenvalue weighted by Gasteiger charge is 2.37. The minimum Gasteiger partial charge on any atom is -0.316 e. The van der Waals surface area contributed by atoms with Crippen LogP contribution in [0.4, 0.5) is 4.39 Å². The number of Topliss-reactive ketones (excluding diaryl/α,β-unsaturated/α-hetero) is 1. The summed E-state index contributed by atoms with van der Waals surface area (Å²) < 4.78 is 13.4. The summed E-state index contributed by atoms with van der Waals surface area (Å²) in [5.41, 5.74) is -0.231. The van der Waals surface area contributed by atoms with Crippen LogP contribution < -0.4 is 5.32 Å². The van der Waals surface area contributed by atoms with Gasteiger partial charge in [0.2, 0.25) is 0 Å². The number of carbonyl (C=O) groups excluding carboxylic acids is 1.